The molecule has 0 fully saturated rings. The van der Waals surface area contributed by atoms with Gasteiger partial charge in [0.15, 0.2) is 17.0 Å². The van der Waals surface area contributed by atoms with Crippen molar-refractivity contribution < 1.29 is 67.0 Å². The van der Waals surface area contributed by atoms with Crippen molar-refractivity contribution in [3.63, 3.8) is 0 Å². The maximum absolute atomic E-state index is 12.9. The zero-order valence-electron chi connectivity index (χ0n) is 40.5. The fraction of sp³-hybridized carbons (Fsp3) is 0.556. The Hall–Kier alpha value is -6.72. The summed E-state index contributed by atoms with van der Waals surface area (Å²) in [6.07, 6.45) is 5.21. The van der Waals surface area contributed by atoms with Gasteiger partial charge in [-0.3, -0.25) is 19.2 Å². The number of carboxylic acid groups (broad SMARTS) is 1. The molecule has 0 saturated heterocycles. The lowest BCUT2D eigenvalue weighted by atomic mass is 10.1. The largest absolute Gasteiger partial charge is 0.480 e. The van der Waals surface area contributed by atoms with Gasteiger partial charge in [0.2, 0.25) is 23.7 Å². The summed E-state index contributed by atoms with van der Waals surface area (Å²) in [5, 5.41) is 20.2. The second-order valence-corrected chi connectivity index (χ2v) is 15.5. The van der Waals surface area contributed by atoms with Crippen molar-refractivity contribution in [2.75, 3.05) is 149 Å². The van der Waals surface area contributed by atoms with Crippen LogP contribution in [0.4, 0.5) is 17.5 Å². The molecule has 0 aliphatic carbocycles. The summed E-state index contributed by atoms with van der Waals surface area (Å²) < 4.78 is 43.4. The number of carbonyl (C=O) groups is 5. The minimum atomic E-state index is -1.28. The number of nitrogens with one attached hydrogen (secondary N) is 5. The van der Waals surface area contributed by atoms with Crippen LogP contribution in [0.3, 0.4) is 0 Å². The number of rotatable bonds is 40. The number of hydrogen-bond acceptors (Lipinski definition) is 21. The molecule has 27 heteroatoms. The first-order valence-corrected chi connectivity index (χ1v) is 23.3. The molecule has 1 atom stereocenters. The van der Waals surface area contributed by atoms with Crippen molar-refractivity contribution in [2.45, 2.75) is 31.8 Å². The van der Waals surface area contributed by atoms with E-state index in [0.29, 0.717) is 123 Å². The second kappa shape index (κ2) is 34.6. The van der Waals surface area contributed by atoms with Gasteiger partial charge in [-0.05, 0) is 30.7 Å². The maximum Gasteiger partial charge on any atom is 0.326 e. The van der Waals surface area contributed by atoms with Gasteiger partial charge in [-0.25, -0.2) is 19.7 Å². The van der Waals surface area contributed by atoms with Gasteiger partial charge in [-0.2, -0.15) is 9.97 Å². The number of hydrogen-bond donors (Lipinski definition) is 8. The second-order valence-electron chi connectivity index (χ2n) is 15.5. The van der Waals surface area contributed by atoms with Gasteiger partial charge in [0.25, 0.3) is 5.91 Å². The summed E-state index contributed by atoms with van der Waals surface area (Å²) in [6, 6.07) is 5.29. The van der Waals surface area contributed by atoms with E-state index < -0.39 is 17.9 Å². The first-order valence-electron chi connectivity index (χ1n) is 23.3. The highest BCUT2D eigenvalue weighted by atomic mass is 16.6. The number of fused-ring (bicyclic) bond motifs is 1. The van der Waals surface area contributed by atoms with E-state index in [1.54, 1.807) is 43.0 Å². The number of aromatic nitrogens is 6. The number of carboxylic acids is 1. The zero-order chi connectivity index (χ0) is 51.6. The number of nitrogens with zero attached hydrogens (tertiary/aromatic N) is 6. The lowest BCUT2D eigenvalue weighted by Crippen LogP contribution is -2.41. The number of ether oxygens (including phenoxy) is 8. The number of imidazole rings is 1. The number of nitrogen functional groups attached to an aromatic ring is 2. The third kappa shape index (κ3) is 24.4. The van der Waals surface area contributed by atoms with E-state index >= 15 is 0 Å². The molecular formula is C45H67N13O14. The van der Waals surface area contributed by atoms with E-state index in [2.05, 4.69) is 51.2 Å². The Morgan fingerprint density at radius 2 is 1.19 bits per heavy atom. The van der Waals surface area contributed by atoms with Gasteiger partial charge in [0.1, 0.15) is 19.3 Å². The van der Waals surface area contributed by atoms with Gasteiger partial charge >= 0.3 is 5.97 Å². The van der Waals surface area contributed by atoms with Crippen molar-refractivity contribution in [3.8, 4) is 0 Å². The number of amides is 4. The molecule has 1 aromatic carbocycles. The average Bonchev–Trinajstić information content (AvgIpc) is 3.89. The van der Waals surface area contributed by atoms with E-state index in [4.69, 9.17) is 49.4 Å². The van der Waals surface area contributed by atoms with Crippen LogP contribution in [0, 0.1) is 0 Å². The van der Waals surface area contributed by atoms with Crippen molar-refractivity contribution in [1.29, 1.82) is 0 Å². The lowest BCUT2D eigenvalue weighted by Gasteiger charge is -2.19. The minimum Gasteiger partial charge on any atom is -0.480 e. The fourth-order valence-corrected chi connectivity index (χ4v) is 6.17. The monoisotopic (exact) mass is 1010 g/mol. The Bertz CT molecular complexity index is 2210. The number of benzene rings is 1. The average molecular weight is 1010 g/mol. The van der Waals surface area contributed by atoms with E-state index in [1.807, 2.05) is 11.9 Å². The van der Waals surface area contributed by atoms with Crippen LogP contribution in [0.15, 0.2) is 43.0 Å². The van der Waals surface area contributed by atoms with E-state index in [-0.39, 0.29) is 79.9 Å². The van der Waals surface area contributed by atoms with Crippen LogP contribution in [0.25, 0.3) is 11.2 Å². The molecule has 0 aliphatic rings. The predicted octanol–water partition coefficient (Wildman–Crippen LogP) is -1.37. The van der Waals surface area contributed by atoms with E-state index in [1.165, 1.54) is 0 Å². The minimum absolute atomic E-state index is 0.00445. The van der Waals surface area contributed by atoms with E-state index in [9.17, 15) is 29.1 Å². The number of anilines is 3. The Morgan fingerprint density at radius 1 is 0.667 bits per heavy atom. The highest BCUT2D eigenvalue weighted by molar-refractivity contribution is 5.97. The molecule has 0 radical (unpaired) electrons. The molecule has 4 aromatic rings. The summed E-state index contributed by atoms with van der Waals surface area (Å²) in [4.78, 5) is 86.2. The molecule has 27 nitrogen and oxygen atoms in total. The predicted molar refractivity (Wildman–Crippen MR) is 258 cm³/mol. The Balaban J connectivity index is 0.865. The molecule has 4 rings (SSSR count). The normalized spacial score (nSPS) is 11.6. The van der Waals surface area contributed by atoms with Crippen LogP contribution in [0.2, 0.25) is 0 Å². The van der Waals surface area contributed by atoms with Crippen LogP contribution in [-0.4, -0.2) is 203 Å². The number of carbonyl (C=O) groups excluding carboxylic acids is 4. The molecule has 3 aromatic heterocycles. The van der Waals surface area contributed by atoms with Gasteiger partial charge < -0.3 is 85.6 Å². The zero-order valence-corrected chi connectivity index (χ0v) is 40.5. The SMILES string of the molecule is CN(Cc1cnc2nc(N)nc(N)c2n1)c1ccc(C(=O)NC(CCC(=O)NCCOCCOCCOCCOCCOCCOCCOCCNC(=O)COCC(=O)NCCc2cnc[nH]2)C(=O)O)cc1. The van der Waals surface area contributed by atoms with Crippen LogP contribution in [0.1, 0.15) is 34.6 Å². The lowest BCUT2D eigenvalue weighted by molar-refractivity contribution is -0.139. The van der Waals surface area contributed by atoms with Gasteiger partial charge in [0.05, 0.1) is 117 Å². The molecule has 10 N–H and O–H groups in total. The van der Waals surface area contributed by atoms with Gasteiger partial charge in [-0.15, -0.1) is 0 Å². The Kier molecular flexibility index (Phi) is 27.8. The maximum atomic E-state index is 12.9. The van der Waals surface area contributed by atoms with Crippen LogP contribution < -0.4 is 37.6 Å². The molecule has 72 heavy (non-hydrogen) atoms. The summed E-state index contributed by atoms with van der Waals surface area (Å²) in [7, 11) is 1.83. The third-order valence-electron chi connectivity index (χ3n) is 9.84. The Labute approximate surface area is 416 Å². The number of nitrogens with two attached hydrogens (primary N) is 2. The first kappa shape index (κ1) is 57.9. The first-order chi connectivity index (χ1) is 35.0. The van der Waals surface area contributed by atoms with E-state index in [0.717, 1.165) is 11.4 Å². The molecule has 4 amide bonds. The molecule has 0 bridgehead atoms. The quantitative estimate of drug-likeness (QED) is 0.0238. The molecule has 396 valence electrons. The molecule has 0 spiro atoms. The standard InChI is InChI=1S/C45H67N13O14/c1-58(28-34-27-52-42-40(54-34)41(46)56-45(47)57-42)35-4-2-32(3-5-35)43(62)55-36(44(63)64)6-7-37(59)50-10-12-65-14-16-67-18-20-69-22-24-71-25-23-70-21-19-68-17-15-66-13-11-51-39(61)30-72-29-38(60)49-9-8-33-26-48-31-53-33/h2-5,26-27,31,36H,6-25,28-30H2,1H3,(H,48,53)(H,49,60)(H,50,59)(H,51,61)(H,55,62)(H,63,64)(H4,46,47,52,56,57). The van der Waals surface area contributed by atoms with Crippen molar-refractivity contribution >= 4 is 58.2 Å². The Morgan fingerprint density at radius 3 is 1.72 bits per heavy atom. The number of aliphatic carboxylic acids is 1. The summed E-state index contributed by atoms with van der Waals surface area (Å²) in [5.41, 5.74) is 14.7. The highest BCUT2D eigenvalue weighted by Gasteiger charge is 2.22. The highest BCUT2D eigenvalue weighted by Crippen LogP contribution is 2.19. The smallest absolute Gasteiger partial charge is 0.326 e. The topological polar surface area (TPSA) is 363 Å². The van der Waals surface area contributed by atoms with Crippen LogP contribution in [-0.2, 0) is 70.0 Å². The van der Waals surface area contributed by atoms with Crippen molar-refractivity contribution in [1.82, 2.24) is 51.2 Å². The molecule has 3 heterocycles. The van der Waals surface area contributed by atoms with Gasteiger partial charge in [-0.1, -0.05) is 0 Å². The molecule has 1 unspecified atom stereocenters. The molecule has 0 saturated carbocycles. The summed E-state index contributed by atoms with van der Waals surface area (Å²) in [6.45, 7) is 5.99. The summed E-state index contributed by atoms with van der Waals surface area (Å²) in [5.74, 6) is -2.75. The van der Waals surface area contributed by atoms with Crippen LogP contribution >= 0.6 is 0 Å². The molecular weight excluding hydrogens is 947 g/mol. The van der Waals surface area contributed by atoms with Crippen LogP contribution in [0.5, 0.6) is 0 Å². The van der Waals surface area contributed by atoms with Gasteiger partial charge in [0, 0.05) is 62.7 Å². The molecule has 0 aliphatic heterocycles. The van der Waals surface area contributed by atoms with Crippen molar-refractivity contribution in [3.05, 3.63) is 59.9 Å². The van der Waals surface area contributed by atoms with Crippen molar-refractivity contribution in [2.24, 2.45) is 0 Å². The summed E-state index contributed by atoms with van der Waals surface area (Å²) >= 11 is 0. The number of H-pyrrole nitrogens is 1. The fourth-order valence-electron chi connectivity index (χ4n) is 6.17. The number of aromatic amines is 1. The third-order valence-corrected chi connectivity index (χ3v) is 9.84.